The van der Waals surface area contributed by atoms with Crippen molar-refractivity contribution in [2.24, 2.45) is 18.8 Å². The molecule has 0 amide bonds. The summed E-state index contributed by atoms with van der Waals surface area (Å²) >= 11 is 0. The second kappa shape index (κ2) is 4.04. The van der Waals surface area contributed by atoms with Gasteiger partial charge in [0.1, 0.15) is 0 Å². The van der Waals surface area contributed by atoms with Crippen LogP contribution in [0.2, 0.25) is 0 Å². The van der Waals surface area contributed by atoms with E-state index in [4.69, 9.17) is 16.4 Å². The third-order valence-electron chi connectivity index (χ3n) is 1.86. The molecule has 0 aliphatic carbocycles. The molecule has 0 radical (unpaired) electrons. The predicted molar refractivity (Wildman–Crippen MR) is 55.1 cm³/mol. The summed E-state index contributed by atoms with van der Waals surface area (Å²) in [6, 6.07) is 0. The van der Waals surface area contributed by atoms with Crippen LogP contribution in [0.1, 0.15) is 35.4 Å². The normalized spacial score (nSPS) is 53.2. The van der Waals surface area contributed by atoms with Gasteiger partial charge in [-0.2, -0.15) is 0 Å². The Kier molecular flexibility index (Phi) is 0.833. The van der Waals surface area contributed by atoms with Crippen molar-refractivity contribution < 1.29 is 26.0 Å². The molecule has 4 heteroatoms. The highest BCUT2D eigenvalue weighted by Gasteiger charge is 2.35. The zero-order chi connectivity index (χ0) is 21.3. The molecule has 1 aromatic heterocycles. The number of cyclic esters (lactones) is 1. The summed E-state index contributed by atoms with van der Waals surface area (Å²) in [4.78, 5) is 15.7. The average molecular weight is 220 g/mol. The van der Waals surface area contributed by atoms with Gasteiger partial charge in [-0.3, -0.25) is 4.79 Å². The molecule has 1 fully saturated rings. The van der Waals surface area contributed by atoms with E-state index in [1.54, 1.807) is 0 Å². The highest BCUT2D eigenvalue weighted by molar-refractivity contribution is 5.74. The minimum absolute atomic E-state index is 0.359. The standard InChI is InChI=1S/C11H16N2O2/c1-3-10-8(6-15-11(10)14)4-9-5-12-7-13(9)2/h5,7-8,10H,3-4,6H2,1-2H3/t8-,10-/m0/s1/i1D3,2D3,4D2,6D2,8D,10D. The number of rotatable bonds is 3. The summed E-state index contributed by atoms with van der Waals surface area (Å²) < 4.78 is 98.0. The van der Waals surface area contributed by atoms with Crippen molar-refractivity contribution in [2.45, 2.75) is 19.6 Å². The first kappa shape index (κ1) is 3.09. The van der Waals surface area contributed by atoms with E-state index in [1.807, 2.05) is 0 Å². The van der Waals surface area contributed by atoms with Gasteiger partial charge in [0, 0.05) is 38.5 Å². The first-order valence-corrected chi connectivity index (χ1v) is 4.08. The topological polar surface area (TPSA) is 44.1 Å². The second-order valence-electron chi connectivity index (χ2n) is 2.80. The minimum Gasteiger partial charge on any atom is -0.465 e. The van der Waals surface area contributed by atoms with Crippen LogP contribution in [0.5, 0.6) is 0 Å². The molecule has 4 nitrogen and oxygen atoms in total. The molecule has 0 aromatic carbocycles. The lowest BCUT2D eigenvalue weighted by atomic mass is 9.89. The van der Waals surface area contributed by atoms with Crippen LogP contribution >= 0.6 is 0 Å². The molecule has 82 valence electrons. The Morgan fingerprint density at radius 1 is 2.00 bits per heavy atom. The summed E-state index contributed by atoms with van der Waals surface area (Å²) in [5.74, 6) is -8.36. The minimum atomic E-state index is -3.46. The van der Waals surface area contributed by atoms with Gasteiger partial charge >= 0.3 is 5.97 Å². The maximum absolute atomic E-state index is 12.2. The zero-order valence-corrected chi connectivity index (χ0v) is 7.57. The number of carbonyl (C=O) groups excluding carboxylic acids is 1. The summed E-state index contributed by atoms with van der Waals surface area (Å²) in [5.41, 5.74) is -0.818. The van der Waals surface area contributed by atoms with Gasteiger partial charge < -0.3 is 9.30 Å². The maximum atomic E-state index is 12.2. The highest BCUT2D eigenvalue weighted by atomic mass is 16.5. The van der Waals surface area contributed by atoms with E-state index in [0.717, 1.165) is 12.5 Å². The molecule has 1 saturated heterocycles. The van der Waals surface area contributed by atoms with E-state index in [9.17, 15) is 4.79 Å². The zero-order valence-electron chi connectivity index (χ0n) is 19.6. The molecule has 0 bridgehead atoms. The van der Waals surface area contributed by atoms with Gasteiger partial charge in [0.25, 0.3) is 0 Å². The Hall–Kier alpha value is -1.32. The first-order chi connectivity index (χ1) is 11.8. The van der Waals surface area contributed by atoms with Crippen LogP contribution in [0.25, 0.3) is 0 Å². The van der Waals surface area contributed by atoms with Gasteiger partial charge in [-0.25, -0.2) is 4.98 Å². The Balaban J connectivity index is 2.77. The monoisotopic (exact) mass is 220 g/mol. The Labute approximate surface area is 106 Å². The van der Waals surface area contributed by atoms with Crippen LogP contribution in [0.4, 0.5) is 0 Å². The SMILES string of the molecule is [2H]C([2H])([2H])C[C@]1([2H])C(=O)OC([2H])([2H])[C@]1([2H])C([2H])([2H])c1cncn1C([2H])([2H])[2H]. The Bertz CT molecular complexity index is 753. The maximum Gasteiger partial charge on any atom is 0.309 e. The Morgan fingerprint density at radius 2 is 2.93 bits per heavy atom. The van der Waals surface area contributed by atoms with E-state index in [0.29, 0.717) is 4.57 Å². The summed E-state index contributed by atoms with van der Waals surface area (Å²) in [5, 5.41) is 0. The fourth-order valence-electron chi connectivity index (χ4n) is 1.10. The van der Waals surface area contributed by atoms with E-state index in [2.05, 4.69) is 9.72 Å². The summed E-state index contributed by atoms with van der Waals surface area (Å²) in [6.45, 7) is -9.38. The van der Waals surface area contributed by atoms with Gasteiger partial charge in [0.15, 0.2) is 0 Å². The molecular formula is C11H16N2O2. The number of imidazole rings is 1. The molecule has 2 heterocycles. The molecule has 0 saturated carbocycles. The largest absolute Gasteiger partial charge is 0.465 e. The predicted octanol–water partition coefficient (Wildman–Crippen LogP) is 1.16. The molecule has 15 heavy (non-hydrogen) atoms. The number of ether oxygens (including phenoxy) is 1. The van der Waals surface area contributed by atoms with Crippen LogP contribution in [0, 0.1) is 11.8 Å². The summed E-state index contributed by atoms with van der Waals surface area (Å²) in [7, 11) is 0. The quantitative estimate of drug-likeness (QED) is 0.718. The number of hydrogen-bond donors (Lipinski definition) is 0. The van der Waals surface area contributed by atoms with Crippen molar-refractivity contribution in [3.8, 4) is 0 Å². The number of hydrogen-bond acceptors (Lipinski definition) is 3. The highest BCUT2D eigenvalue weighted by Crippen LogP contribution is 2.27. The van der Waals surface area contributed by atoms with Crippen molar-refractivity contribution in [3.63, 3.8) is 0 Å². The smallest absolute Gasteiger partial charge is 0.309 e. The van der Waals surface area contributed by atoms with Gasteiger partial charge in [-0.05, 0) is 12.8 Å². The molecule has 0 N–H and O–H groups in total. The van der Waals surface area contributed by atoms with Gasteiger partial charge in [0.2, 0.25) is 0 Å². The molecule has 0 unspecified atom stereocenters. The third-order valence-corrected chi connectivity index (χ3v) is 1.86. The molecule has 0 spiro atoms. The van der Waals surface area contributed by atoms with Crippen molar-refractivity contribution in [1.29, 1.82) is 0 Å². The number of nitrogens with zero attached hydrogens (tertiary/aromatic N) is 2. The summed E-state index contributed by atoms with van der Waals surface area (Å²) in [6.07, 6.45) is -3.27. The first-order valence-electron chi connectivity index (χ1n) is 10.1. The van der Waals surface area contributed by atoms with Crippen LogP contribution in [0.3, 0.4) is 0 Å². The Morgan fingerprint density at radius 3 is 3.73 bits per heavy atom. The molecule has 1 aliphatic heterocycles. The van der Waals surface area contributed by atoms with Crippen molar-refractivity contribution in [2.75, 3.05) is 6.56 Å². The molecule has 1 aromatic rings. The molecule has 2 rings (SSSR count). The van der Waals surface area contributed by atoms with Gasteiger partial charge in [-0.15, -0.1) is 0 Å². The lowest BCUT2D eigenvalue weighted by Gasteiger charge is -2.12. The number of aromatic nitrogens is 2. The second-order valence-corrected chi connectivity index (χ2v) is 2.80. The number of aryl methyl sites for hydroxylation is 1. The number of carbonyl (C=O) groups is 1. The van der Waals surface area contributed by atoms with E-state index in [-0.39, 0.29) is 0 Å². The van der Waals surface area contributed by atoms with Crippen LogP contribution < -0.4 is 0 Å². The lowest BCUT2D eigenvalue weighted by Crippen LogP contribution is -2.18. The van der Waals surface area contributed by atoms with Crippen LogP contribution in [-0.2, 0) is 22.9 Å². The van der Waals surface area contributed by atoms with Crippen LogP contribution in [0.15, 0.2) is 12.5 Å². The third kappa shape index (κ3) is 1.89. The fraction of sp³-hybridized carbons (Fsp3) is 0.636. The molecule has 1 aliphatic rings. The fourth-order valence-corrected chi connectivity index (χ4v) is 1.10. The lowest BCUT2D eigenvalue weighted by molar-refractivity contribution is -0.141. The van der Waals surface area contributed by atoms with Crippen LogP contribution in [-0.4, -0.2) is 22.1 Å². The van der Waals surface area contributed by atoms with Gasteiger partial charge in [-0.1, -0.05) is 6.85 Å². The van der Waals surface area contributed by atoms with Crippen molar-refractivity contribution in [3.05, 3.63) is 18.2 Å². The van der Waals surface area contributed by atoms with Crippen molar-refractivity contribution in [1.82, 2.24) is 9.55 Å². The van der Waals surface area contributed by atoms with E-state index < -0.39 is 56.6 Å². The molecule has 2 atom stereocenters. The van der Waals surface area contributed by atoms with Crippen molar-refractivity contribution >= 4 is 5.97 Å². The van der Waals surface area contributed by atoms with E-state index in [1.165, 1.54) is 0 Å². The molecular weight excluding hydrogens is 192 g/mol. The van der Waals surface area contributed by atoms with E-state index >= 15 is 0 Å². The number of esters is 1. The average Bonchev–Trinajstić information content (AvgIpc) is 2.97. The van der Waals surface area contributed by atoms with Gasteiger partial charge in [0.05, 0.1) is 21.5 Å².